The number of nitrogens with zero attached hydrogens (tertiary/aromatic N) is 1. The smallest absolute Gasteiger partial charge is 0.150 e. The summed E-state index contributed by atoms with van der Waals surface area (Å²) in [6, 6.07) is 6.29. The highest BCUT2D eigenvalue weighted by Gasteiger charge is 2.10. The van der Waals surface area contributed by atoms with Gasteiger partial charge >= 0.3 is 0 Å². The van der Waals surface area contributed by atoms with Crippen LogP contribution in [-0.4, -0.2) is 10.9 Å². The van der Waals surface area contributed by atoms with Gasteiger partial charge in [-0.05, 0) is 32.4 Å². The van der Waals surface area contributed by atoms with Crippen LogP contribution >= 0.6 is 0 Å². The van der Waals surface area contributed by atoms with E-state index < -0.39 is 0 Å². The molecule has 2 aromatic rings. The second-order valence-corrected chi connectivity index (χ2v) is 4.17. The lowest BCUT2D eigenvalue weighted by Crippen LogP contribution is -1.97. The number of rotatable bonds is 2. The maximum atomic E-state index is 10.9. The molecular weight excluding hydrogens is 186 g/mol. The van der Waals surface area contributed by atoms with Crippen molar-refractivity contribution < 1.29 is 4.79 Å². The largest absolute Gasteiger partial charge is 0.345 e. The van der Waals surface area contributed by atoms with Gasteiger partial charge < -0.3 is 4.57 Å². The Bertz CT molecular complexity index is 508. The first-order valence-electron chi connectivity index (χ1n) is 5.20. The molecule has 1 heterocycles. The van der Waals surface area contributed by atoms with Crippen LogP contribution in [0.1, 0.15) is 35.8 Å². The molecule has 0 bridgehead atoms. The van der Waals surface area contributed by atoms with Gasteiger partial charge in [0.15, 0.2) is 6.29 Å². The molecule has 0 radical (unpaired) electrons. The van der Waals surface area contributed by atoms with Gasteiger partial charge in [0.05, 0.1) is 0 Å². The topological polar surface area (TPSA) is 22.0 Å². The third kappa shape index (κ3) is 1.46. The summed E-state index contributed by atoms with van der Waals surface area (Å²) >= 11 is 0. The second-order valence-electron chi connectivity index (χ2n) is 4.17. The van der Waals surface area contributed by atoms with Crippen LogP contribution in [0, 0.1) is 6.92 Å². The molecule has 1 aromatic carbocycles. The molecule has 2 heteroatoms. The Hall–Kier alpha value is -1.57. The molecule has 0 aliphatic heterocycles. The lowest BCUT2D eigenvalue weighted by Gasteiger charge is -2.08. The molecular formula is C13H15NO. The van der Waals surface area contributed by atoms with Crippen LogP contribution in [0.3, 0.4) is 0 Å². The van der Waals surface area contributed by atoms with Gasteiger partial charge in [-0.25, -0.2) is 0 Å². The van der Waals surface area contributed by atoms with Crippen molar-refractivity contribution in [3.05, 3.63) is 35.5 Å². The van der Waals surface area contributed by atoms with E-state index in [1.807, 2.05) is 19.1 Å². The monoisotopic (exact) mass is 201 g/mol. The molecule has 0 unspecified atom stereocenters. The molecule has 0 aliphatic rings. The lowest BCUT2D eigenvalue weighted by atomic mass is 10.1. The van der Waals surface area contributed by atoms with Crippen molar-refractivity contribution in [3.8, 4) is 0 Å². The molecule has 0 amide bonds. The van der Waals surface area contributed by atoms with Crippen LogP contribution in [0.2, 0.25) is 0 Å². The van der Waals surface area contributed by atoms with Crippen molar-refractivity contribution in [3.63, 3.8) is 0 Å². The van der Waals surface area contributed by atoms with Gasteiger partial charge in [-0.2, -0.15) is 0 Å². The van der Waals surface area contributed by atoms with E-state index in [1.54, 1.807) is 0 Å². The van der Waals surface area contributed by atoms with Crippen molar-refractivity contribution in [2.75, 3.05) is 0 Å². The molecule has 15 heavy (non-hydrogen) atoms. The van der Waals surface area contributed by atoms with E-state index in [9.17, 15) is 4.79 Å². The second kappa shape index (κ2) is 3.54. The molecule has 2 nitrogen and oxygen atoms in total. The zero-order valence-corrected chi connectivity index (χ0v) is 9.32. The van der Waals surface area contributed by atoms with Crippen LogP contribution in [0.5, 0.6) is 0 Å². The van der Waals surface area contributed by atoms with Crippen molar-refractivity contribution in [1.82, 2.24) is 4.57 Å². The van der Waals surface area contributed by atoms with Crippen LogP contribution in [0.15, 0.2) is 24.4 Å². The van der Waals surface area contributed by atoms with E-state index in [2.05, 4.69) is 30.7 Å². The van der Waals surface area contributed by atoms with E-state index in [0.29, 0.717) is 6.04 Å². The lowest BCUT2D eigenvalue weighted by molar-refractivity contribution is 0.112. The van der Waals surface area contributed by atoms with Crippen LogP contribution in [-0.2, 0) is 0 Å². The third-order valence-electron chi connectivity index (χ3n) is 2.76. The Morgan fingerprint density at radius 3 is 2.67 bits per heavy atom. The molecule has 0 aliphatic carbocycles. The summed E-state index contributed by atoms with van der Waals surface area (Å²) in [5.74, 6) is 0. The predicted molar refractivity (Wildman–Crippen MR) is 62.4 cm³/mol. The average Bonchev–Trinajstić information content (AvgIpc) is 2.56. The fourth-order valence-corrected chi connectivity index (χ4v) is 2.07. The van der Waals surface area contributed by atoms with E-state index in [-0.39, 0.29) is 0 Å². The van der Waals surface area contributed by atoms with E-state index >= 15 is 0 Å². The van der Waals surface area contributed by atoms with Gasteiger partial charge in [0, 0.05) is 28.7 Å². The fourth-order valence-electron chi connectivity index (χ4n) is 2.07. The number of hydrogen-bond donors (Lipinski definition) is 0. The molecule has 0 N–H and O–H groups in total. The van der Waals surface area contributed by atoms with E-state index in [1.165, 1.54) is 5.56 Å². The minimum absolute atomic E-state index is 0.420. The molecule has 0 saturated carbocycles. The van der Waals surface area contributed by atoms with Gasteiger partial charge in [0.1, 0.15) is 0 Å². The maximum absolute atomic E-state index is 10.9. The van der Waals surface area contributed by atoms with Gasteiger partial charge in [-0.1, -0.05) is 12.1 Å². The molecule has 0 saturated heterocycles. The normalized spacial score (nSPS) is 11.2. The number of aryl methyl sites for hydroxylation is 1. The van der Waals surface area contributed by atoms with Crippen LogP contribution < -0.4 is 0 Å². The number of carbonyl (C=O) groups is 1. The fraction of sp³-hybridized carbons (Fsp3) is 0.308. The zero-order chi connectivity index (χ0) is 11.0. The van der Waals surface area contributed by atoms with E-state index in [0.717, 1.165) is 22.8 Å². The highest BCUT2D eigenvalue weighted by atomic mass is 16.1. The Morgan fingerprint density at radius 1 is 1.33 bits per heavy atom. The standard InChI is InChI=1S/C13H15NO/c1-9(2)14-7-10(3)13-11(8-15)5-4-6-12(13)14/h4-9H,1-3H3. The molecule has 1 aromatic heterocycles. The Kier molecular flexibility index (Phi) is 2.35. The van der Waals surface area contributed by atoms with Gasteiger partial charge in [-0.3, -0.25) is 4.79 Å². The summed E-state index contributed by atoms with van der Waals surface area (Å²) in [7, 11) is 0. The Balaban J connectivity index is 2.85. The van der Waals surface area contributed by atoms with Crippen molar-refractivity contribution >= 4 is 17.2 Å². The summed E-state index contributed by atoms with van der Waals surface area (Å²) in [4.78, 5) is 10.9. The first-order chi connectivity index (χ1) is 7.15. The molecule has 2 rings (SSSR count). The van der Waals surface area contributed by atoms with E-state index in [4.69, 9.17) is 0 Å². The van der Waals surface area contributed by atoms with Gasteiger partial charge in [0.25, 0.3) is 0 Å². The Labute approximate surface area is 89.5 Å². The summed E-state index contributed by atoms with van der Waals surface area (Å²) < 4.78 is 2.21. The molecule has 0 spiro atoms. The first kappa shape index (κ1) is 9.97. The zero-order valence-electron chi connectivity index (χ0n) is 9.32. The van der Waals surface area contributed by atoms with Crippen LogP contribution in [0.4, 0.5) is 0 Å². The summed E-state index contributed by atoms with van der Waals surface area (Å²) in [5.41, 5.74) is 3.10. The van der Waals surface area contributed by atoms with Crippen molar-refractivity contribution in [2.24, 2.45) is 0 Å². The summed E-state index contributed by atoms with van der Waals surface area (Å²) in [6.45, 7) is 6.34. The number of aromatic nitrogens is 1. The summed E-state index contributed by atoms with van der Waals surface area (Å²) in [5, 5.41) is 1.08. The van der Waals surface area contributed by atoms with Crippen molar-refractivity contribution in [2.45, 2.75) is 26.8 Å². The average molecular weight is 201 g/mol. The number of aldehydes is 1. The minimum atomic E-state index is 0.420. The summed E-state index contributed by atoms with van der Waals surface area (Å²) in [6.07, 6.45) is 3.04. The van der Waals surface area contributed by atoms with Gasteiger partial charge in [-0.15, -0.1) is 0 Å². The quantitative estimate of drug-likeness (QED) is 0.683. The highest BCUT2D eigenvalue weighted by Crippen LogP contribution is 2.26. The van der Waals surface area contributed by atoms with Gasteiger partial charge in [0.2, 0.25) is 0 Å². The maximum Gasteiger partial charge on any atom is 0.150 e. The molecule has 0 atom stereocenters. The van der Waals surface area contributed by atoms with Crippen LogP contribution in [0.25, 0.3) is 10.9 Å². The minimum Gasteiger partial charge on any atom is -0.345 e. The van der Waals surface area contributed by atoms with Crippen molar-refractivity contribution in [1.29, 1.82) is 0 Å². The predicted octanol–water partition coefficient (Wildman–Crippen LogP) is 3.34. The third-order valence-corrected chi connectivity index (χ3v) is 2.76. The SMILES string of the molecule is Cc1cn(C(C)C)c2cccc(C=O)c12. The Morgan fingerprint density at radius 2 is 2.07 bits per heavy atom. The number of fused-ring (bicyclic) bond motifs is 1. The first-order valence-corrected chi connectivity index (χ1v) is 5.20. The molecule has 78 valence electrons. The number of carbonyl (C=O) groups excluding carboxylic acids is 1. The molecule has 0 fully saturated rings. The number of benzene rings is 1. The number of hydrogen-bond acceptors (Lipinski definition) is 1. The highest BCUT2D eigenvalue weighted by molar-refractivity contribution is 5.99.